The van der Waals surface area contributed by atoms with E-state index in [1.165, 1.54) is 4.88 Å². The lowest BCUT2D eigenvalue weighted by molar-refractivity contribution is 0.326. The van der Waals surface area contributed by atoms with Crippen LogP contribution in [0.4, 0.5) is 0 Å². The first-order valence-electron chi connectivity index (χ1n) is 5.73. The Balaban J connectivity index is 2.04. The van der Waals surface area contributed by atoms with Gasteiger partial charge < -0.3 is 11.1 Å². The van der Waals surface area contributed by atoms with E-state index >= 15 is 0 Å². The van der Waals surface area contributed by atoms with E-state index in [1.54, 1.807) is 11.3 Å². The first kappa shape index (κ1) is 13.0. The van der Waals surface area contributed by atoms with E-state index in [-0.39, 0.29) is 5.75 Å². The molecule has 0 aliphatic carbocycles. The van der Waals surface area contributed by atoms with Gasteiger partial charge in [0.2, 0.25) is 0 Å². The van der Waals surface area contributed by atoms with Crippen molar-refractivity contribution < 1.29 is 8.42 Å². The number of thiophene rings is 1. The van der Waals surface area contributed by atoms with Gasteiger partial charge in [0.05, 0.1) is 11.5 Å². The van der Waals surface area contributed by atoms with Gasteiger partial charge in [0.1, 0.15) is 0 Å². The zero-order chi connectivity index (χ0) is 12.4. The molecule has 1 fully saturated rings. The second kappa shape index (κ2) is 5.06. The molecule has 0 bridgehead atoms. The van der Waals surface area contributed by atoms with Crippen LogP contribution in [0.5, 0.6) is 0 Å². The summed E-state index contributed by atoms with van der Waals surface area (Å²) in [6, 6.07) is 4.04. The minimum atomic E-state index is -2.93. The number of nitrogens with one attached hydrogen (secondary N) is 1. The standard InChI is InChI=1S/C11H18N2O2S2/c12-8-11(4-2-6-17(14,15)9-11)13-7-10-3-1-5-16-10/h1,3,5,13H,2,4,6-9,12H2. The van der Waals surface area contributed by atoms with Gasteiger partial charge in [-0.3, -0.25) is 0 Å². The highest BCUT2D eigenvalue weighted by Gasteiger charge is 2.37. The highest BCUT2D eigenvalue weighted by Crippen LogP contribution is 2.23. The third kappa shape index (κ3) is 3.28. The summed E-state index contributed by atoms with van der Waals surface area (Å²) < 4.78 is 23.4. The van der Waals surface area contributed by atoms with Gasteiger partial charge in [-0.1, -0.05) is 6.07 Å². The average molecular weight is 274 g/mol. The lowest BCUT2D eigenvalue weighted by Gasteiger charge is -2.36. The van der Waals surface area contributed by atoms with E-state index in [0.717, 1.165) is 6.42 Å². The number of hydrogen-bond donors (Lipinski definition) is 2. The van der Waals surface area contributed by atoms with E-state index in [4.69, 9.17) is 5.73 Å². The molecule has 0 saturated carbocycles. The van der Waals surface area contributed by atoms with Gasteiger partial charge in [-0.05, 0) is 24.3 Å². The molecule has 1 aromatic heterocycles. The van der Waals surface area contributed by atoms with Crippen LogP contribution in [-0.4, -0.2) is 32.0 Å². The van der Waals surface area contributed by atoms with Crippen molar-refractivity contribution in [1.82, 2.24) is 5.32 Å². The van der Waals surface area contributed by atoms with E-state index in [9.17, 15) is 8.42 Å². The summed E-state index contributed by atoms with van der Waals surface area (Å²) in [5.74, 6) is 0.470. The van der Waals surface area contributed by atoms with Crippen LogP contribution in [0.15, 0.2) is 17.5 Å². The molecule has 1 aliphatic rings. The van der Waals surface area contributed by atoms with Gasteiger partial charge in [-0.2, -0.15) is 0 Å². The molecule has 17 heavy (non-hydrogen) atoms. The zero-order valence-corrected chi connectivity index (χ0v) is 11.3. The third-order valence-electron chi connectivity index (χ3n) is 3.22. The molecule has 6 heteroatoms. The summed E-state index contributed by atoms with van der Waals surface area (Å²) >= 11 is 1.67. The lowest BCUT2D eigenvalue weighted by Crippen LogP contribution is -2.57. The van der Waals surface area contributed by atoms with Gasteiger partial charge in [-0.25, -0.2) is 8.42 Å². The SMILES string of the molecule is NCC1(NCc2cccs2)CCCS(=O)(=O)C1. The first-order valence-corrected chi connectivity index (χ1v) is 8.43. The molecular weight excluding hydrogens is 256 g/mol. The third-order valence-corrected chi connectivity index (χ3v) is 5.99. The Morgan fingerprint density at radius 2 is 2.35 bits per heavy atom. The van der Waals surface area contributed by atoms with Gasteiger partial charge in [0, 0.05) is 23.5 Å². The van der Waals surface area contributed by atoms with Crippen LogP contribution < -0.4 is 11.1 Å². The van der Waals surface area contributed by atoms with Crippen molar-refractivity contribution in [3.8, 4) is 0 Å². The topological polar surface area (TPSA) is 72.2 Å². The second-order valence-electron chi connectivity index (χ2n) is 4.61. The molecule has 2 heterocycles. The van der Waals surface area contributed by atoms with Crippen LogP contribution in [0.1, 0.15) is 17.7 Å². The first-order chi connectivity index (χ1) is 8.05. The monoisotopic (exact) mass is 274 g/mol. The van der Waals surface area contributed by atoms with Crippen molar-refractivity contribution in [3.63, 3.8) is 0 Å². The van der Waals surface area contributed by atoms with Crippen LogP contribution in [-0.2, 0) is 16.4 Å². The molecule has 0 spiro atoms. The molecule has 1 aliphatic heterocycles. The Labute approximate surface area is 106 Å². The van der Waals surface area contributed by atoms with Crippen LogP contribution in [0.2, 0.25) is 0 Å². The van der Waals surface area contributed by atoms with Gasteiger partial charge >= 0.3 is 0 Å². The molecule has 3 N–H and O–H groups in total. The number of sulfone groups is 1. The minimum absolute atomic E-state index is 0.169. The van der Waals surface area contributed by atoms with Gasteiger partial charge in [0.15, 0.2) is 9.84 Å². The van der Waals surface area contributed by atoms with Crippen molar-refractivity contribution in [2.24, 2.45) is 5.73 Å². The fourth-order valence-corrected chi connectivity index (χ4v) is 4.84. The average Bonchev–Trinajstić information content (AvgIpc) is 2.78. The van der Waals surface area contributed by atoms with E-state index < -0.39 is 15.4 Å². The summed E-state index contributed by atoms with van der Waals surface area (Å²) in [6.45, 7) is 1.07. The smallest absolute Gasteiger partial charge is 0.152 e. The minimum Gasteiger partial charge on any atom is -0.329 e. The zero-order valence-electron chi connectivity index (χ0n) is 9.69. The fourth-order valence-electron chi connectivity index (χ4n) is 2.26. The summed E-state index contributed by atoms with van der Waals surface area (Å²) in [5, 5.41) is 5.37. The Kier molecular flexibility index (Phi) is 3.87. The van der Waals surface area contributed by atoms with Crippen LogP contribution >= 0.6 is 11.3 Å². The fraction of sp³-hybridized carbons (Fsp3) is 0.636. The Bertz CT molecular complexity index is 456. The van der Waals surface area contributed by atoms with Crippen LogP contribution in [0.25, 0.3) is 0 Å². The van der Waals surface area contributed by atoms with Crippen molar-refractivity contribution in [2.45, 2.75) is 24.9 Å². The lowest BCUT2D eigenvalue weighted by atomic mass is 9.95. The van der Waals surface area contributed by atoms with E-state index in [1.807, 2.05) is 17.5 Å². The van der Waals surface area contributed by atoms with Crippen LogP contribution in [0, 0.1) is 0 Å². The summed E-state index contributed by atoms with van der Waals surface area (Å²) in [4.78, 5) is 1.21. The number of hydrogen-bond acceptors (Lipinski definition) is 5. The number of rotatable bonds is 4. The molecule has 0 radical (unpaired) electrons. The molecular formula is C11H18N2O2S2. The molecule has 2 rings (SSSR count). The maximum Gasteiger partial charge on any atom is 0.152 e. The largest absolute Gasteiger partial charge is 0.329 e. The molecule has 4 nitrogen and oxygen atoms in total. The normalized spacial score (nSPS) is 28.1. The molecule has 0 aromatic carbocycles. The Morgan fingerprint density at radius 1 is 1.53 bits per heavy atom. The molecule has 1 atom stereocenters. The van der Waals surface area contributed by atoms with Crippen molar-refractivity contribution >= 4 is 21.2 Å². The Hall–Kier alpha value is -0.430. The van der Waals surface area contributed by atoms with Gasteiger partial charge in [0.25, 0.3) is 0 Å². The number of nitrogens with two attached hydrogens (primary N) is 1. The second-order valence-corrected chi connectivity index (χ2v) is 7.83. The molecule has 1 unspecified atom stereocenters. The quantitative estimate of drug-likeness (QED) is 0.849. The highest BCUT2D eigenvalue weighted by molar-refractivity contribution is 7.91. The Morgan fingerprint density at radius 3 is 2.94 bits per heavy atom. The highest BCUT2D eigenvalue weighted by atomic mass is 32.2. The van der Waals surface area contributed by atoms with Crippen molar-refractivity contribution in [3.05, 3.63) is 22.4 Å². The van der Waals surface area contributed by atoms with E-state index in [2.05, 4.69) is 5.32 Å². The van der Waals surface area contributed by atoms with Gasteiger partial charge in [-0.15, -0.1) is 11.3 Å². The molecule has 0 amide bonds. The maximum absolute atomic E-state index is 11.7. The van der Waals surface area contributed by atoms with Crippen molar-refractivity contribution in [2.75, 3.05) is 18.1 Å². The predicted octanol–water partition coefficient (Wildman–Crippen LogP) is 0.744. The summed E-state index contributed by atoms with van der Waals surface area (Å²) in [6.07, 6.45) is 1.55. The van der Waals surface area contributed by atoms with Crippen LogP contribution in [0.3, 0.4) is 0 Å². The molecule has 1 aromatic rings. The summed E-state index contributed by atoms with van der Waals surface area (Å²) in [5.41, 5.74) is 5.35. The van der Waals surface area contributed by atoms with E-state index in [0.29, 0.717) is 25.3 Å². The predicted molar refractivity (Wildman–Crippen MR) is 70.8 cm³/mol. The molecule has 1 saturated heterocycles. The maximum atomic E-state index is 11.7. The molecule has 96 valence electrons. The van der Waals surface area contributed by atoms with Crippen molar-refractivity contribution in [1.29, 1.82) is 0 Å². The summed E-state index contributed by atoms with van der Waals surface area (Å²) in [7, 11) is -2.93.